The Morgan fingerprint density at radius 2 is 1.92 bits per heavy atom. The van der Waals surface area contributed by atoms with Crippen LogP contribution in [0.5, 0.6) is 0 Å². The van der Waals surface area contributed by atoms with Gasteiger partial charge in [-0.3, -0.25) is 9.52 Å². The summed E-state index contributed by atoms with van der Waals surface area (Å²) in [6, 6.07) is 8.87. The minimum atomic E-state index is -4.05. The SMILES string of the molecule is Cc1ccc(F)cc1S(=O)(=O)Nc1cccc(C(=O)OCC(N)=O)c1. The fraction of sp³-hybridized carbons (Fsp3) is 0.125. The Balaban J connectivity index is 2.25. The normalized spacial score (nSPS) is 11.0. The Labute approximate surface area is 143 Å². The molecule has 9 heteroatoms. The van der Waals surface area contributed by atoms with E-state index in [2.05, 4.69) is 9.46 Å². The molecule has 132 valence electrons. The zero-order chi connectivity index (χ0) is 18.6. The average molecular weight is 366 g/mol. The fourth-order valence-electron chi connectivity index (χ4n) is 2.00. The number of esters is 1. The van der Waals surface area contributed by atoms with Crippen molar-refractivity contribution in [3.8, 4) is 0 Å². The number of hydrogen-bond acceptors (Lipinski definition) is 5. The zero-order valence-corrected chi connectivity index (χ0v) is 14.0. The van der Waals surface area contributed by atoms with Crippen molar-refractivity contribution in [3.63, 3.8) is 0 Å². The first kappa shape index (κ1) is 18.4. The number of nitrogens with two attached hydrogens (primary N) is 1. The molecule has 7 nitrogen and oxygen atoms in total. The van der Waals surface area contributed by atoms with Crippen LogP contribution in [0.25, 0.3) is 0 Å². The molecule has 3 N–H and O–H groups in total. The van der Waals surface area contributed by atoms with Gasteiger partial charge in [0.05, 0.1) is 10.5 Å². The van der Waals surface area contributed by atoms with Gasteiger partial charge in [0.15, 0.2) is 6.61 Å². The van der Waals surface area contributed by atoms with Gasteiger partial charge in [0.2, 0.25) is 0 Å². The average Bonchev–Trinajstić information content (AvgIpc) is 2.54. The number of aryl methyl sites for hydroxylation is 1. The molecule has 2 aromatic carbocycles. The standard InChI is InChI=1S/C16H15FN2O5S/c1-10-5-6-12(17)8-14(10)25(22,23)19-13-4-2-3-11(7-13)16(21)24-9-15(18)20/h2-8,19H,9H2,1H3,(H2,18,20). The quantitative estimate of drug-likeness (QED) is 0.753. The van der Waals surface area contributed by atoms with Gasteiger partial charge < -0.3 is 10.5 Å². The van der Waals surface area contributed by atoms with E-state index in [1.165, 1.54) is 37.3 Å². The van der Waals surface area contributed by atoms with Gasteiger partial charge in [-0.25, -0.2) is 17.6 Å². The summed E-state index contributed by atoms with van der Waals surface area (Å²) in [7, 11) is -4.05. The van der Waals surface area contributed by atoms with Gasteiger partial charge >= 0.3 is 5.97 Å². The van der Waals surface area contributed by atoms with Crippen LogP contribution in [-0.2, 0) is 19.6 Å². The number of carbonyl (C=O) groups excluding carboxylic acids is 2. The monoisotopic (exact) mass is 366 g/mol. The highest BCUT2D eigenvalue weighted by molar-refractivity contribution is 7.92. The summed E-state index contributed by atoms with van der Waals surface area (Å²) < 4.78 is 45.1. The number of ether oxygens (including phenoxy) is 1. The highest BCUT2D eigenvalue weighted by Gasteiger charge is 2.18. The molecule has 0 spiro atoms. The molecular formula is C16H15FN2O5S. The van der Waals surface area contributed by atoms with Crippen molar-refractivity contribution in [2.45, 2.75) is 11.8 Å². The van der Waals surface area contributed by atoms with Crippen molar-refractivity contribution in [2.24, 2.45) is 5.73 Å². The van der Waals surface area contributed by atoms with Crippen LogP contribution in [0, 0.1) is 12.7 Å². The topological polar surface area (TPSA) is 116 Å². The number of carbonyl (C=O) groups is 2. The molecule has 0 aliphatic rings. The summed E-state index contributed by atoms with van der Waals surface area (Å²) in [5.74, 6) is -2.33. The molecule has 0 unspecified atom stereocenters. The molecule has 0 heterocycles. The molecule has 0 saturated heterocycles. The number of primary amides is 1. The first-order valence-electron chi connectivity index (χ1n) is 7.03. The zero-order valence-electron chi connectivity index (χ0n) is 13.2. The first-order valence-corrected chi connectivity index (χ1v) is 8.52. The lowest BCUT2D eigenvalue weighted by atomic mass is 10.2. The van der Waals surface area contributed by atoms with Gasteiger partial charge in [-0.2, -0.15) is 0 Å². The van der Waals surface area contributed by atoms with Crippen molar-refractivity contribution in [1.29, 1.82) is 0 Å². The number of anilines is 1. The van der Waals surface area contributed by atoms with Gasteiger partial charge in [-0.1, -0.05) is 12.1 Å². The molecule has 0 bridgehead atoms. The molecule has 0 atom stereocenters. The lowest BCUT2D eigenvalue weighted by molar-refractivity contribution is -0.121. The highest BCUT2D eigenvalue weighted by atomic mass is 32.2. The molecule has 0 radical (unpaired) electrons. The Morgan fingerprint density at radius 1 is 1.20 bits per heavy atom. The summed E-state index contributed by atoms with van der Waals surface area (Å²) in [6.45, 7) is 0.947. The van der Waals surface area contributed by atoms with E-state index in [1.54, 1.807) is 0 Å². The third-order valence-electron chi connectivity index (χ3n) is 3.14. The maximum Gasteiger partial charge on any atom is 0.338 e. The molecule has 2 aromatic rings. The van der Waals surface area contributed by atoms with E-state index in [0.717, 1.165) is 12.1 Å². The predicted molar refractivity (Wildman–Crippen MR) is 87.9 cm³/mol. The number of halogens is 1. The van der Waals surface area contributed by atoms with Crippen molar-refractivity contribution in [3.05, 3.63) is 59.4 Å². The molecule has 0 saturated carbocycles. The van der Waals surface area contributed by atoms with Gasteiger partial charge in [0, 0.05) is 5.69 Å². The Morgan fingerprint density at radius 3 is 2.60 bits per heavy atom. The predicted octanol–water partition coefficient (Wildman–Crippen LogP) is 1.58. The molecule has 1 amide bonds. The van der Waals surface area contributed by atoms with Crippen LogP contribution in [0.15, 0.2) is 47.4 Å². The molecule has 2 rings (SSSR count). The van der Waals surface area contributed by atoms with Crippen LogP contribution in [0.3, 0.4) is 0 Å². The van der Waals surface area contributed by atoms with Crippen molar-refractivity contribution in [2.75, 3.05) is 11.3 Å². The van der Waals surface area contributed by atoms with Crippen LogP contribution < -0.4 is 10.5 Å². The summed E-state index contributed by atoms with van der Waals surface area (Å²) in [5.41, 5.74) is 5.36. The maximum absolute atomic E-state index is 13.3. The van der Waals surface area contributed by atoms with Gasteiger partial charge in [-0.15, -0.1) is 0 Å². The van der Waals surface area contributed by atoms with Crippen LogP contribution >= 0.6 is 0 Å². The molecule has 0 aliphatic heterocycles. The number of nitrogens with one attached hydrogen (secondary N) is 1. The minimum absolute atomic E-state index is 0.0254. The summed E-state index contributed by atoms with van der Waals surface area (Å²) in [6.07, 6.45) is 0. The number of amides is 1. The molecular weight excluding hydrogens is 351 g/mol. The van der Waals surface area contributed by atoms with E-state index in [1.807, 2.05) is 0 Å². The van der Waals surface area contributed by atoms with Crippen molar-refractivity contribution < 1.29 is 27.1 Å². The molecule has 0 fully saturated rings. The maximum atomic E-state index is 13.3. The second-order valence-corrected chi connectivity index (χ2v) is 6.79. The first-order chi connectivity index (χ1) is 11.7. The van der Waals surface area contributed by atoms with E-state index >= 15 is 0 Å². The summed E-state index contributed by atoms with van der Waals surface area (Å²) in [5, 5.41) is 0. The molecule has 0 aromatic heterocycles. The van der Waals surface area contributed by atoms with E-state index in [0.29, 0.717) is 5.56 Å². The fourth-order valence-corrected chi connectivity index (χ4v) is 3.31. The Bertz CT molecular complexity index is 928. The minimum Gasteiger partial charge on any atom is -0.452 e. The third kappa shape index (κ3) is 4.77. The lowest BCUT2D eigenvalue weighted by Crippen LogP contribution is -2.21. The highest BCUT2D eigenvalue weighted by Crippen LogP contribution is 2.21. The summed E-state index contributed by atoms with van der Waals surface area (Å²) in [4.78, 5) is 22.2. The summed E-state index contributed by atoms with van der Waals surface area (Å²) >= 11 is 0. The molecule has 0 aliphatic carbocycles. The van der Waals surface area contributed by atoms with Crippen LogP contribution in [0.1, 0.15) is 15.9 Å². The van der Waals surface area contributed by atoms with Crippen LogP contribution in [-0.4, -0.2) is 26.9 Å². The second kappa shape index (κ2) is 7.31. The van der Waals surface area contributed by atoms with Crippen molar-refractivity contribution in [1.82, 2.24) is 0 Å². The molecule has 25 heavy (non-hydrogen) atoms. The second-order valence-electron chi connectivity index (χ2n) is 5.14. The van der Waals surface area contributed by atoms with E-state index in [9.17, 15) is 22.4 Å². The van der Waals surface area contributed by atoms with Gasteiger partial charge in [0.1, 0.15) is 5.82 Å². The van der Waals surface area contributed by atoms with E-state index < -0.39 is 34.3 Å². The van der Waals surface area contributed by atoms with Gasteiger partial charge in [0.25, 0.3) is 15.9 Å². The number of sulfonamides is 1. The lowest BCUT2D eigenvalue weighted by Gasteiger charge is -2.11. The van der Waals surface area contributed by atoms with E-state index in [-0.39, 0.29) is 16.1 Å². The smallest absolute Gasteiger partial charge is 0.338 e. The van der Waals surface area contributed by atoms with Crippen LogP contribution in [0.2, 0.25) is 0 Å². The number of hydrogen-bond donors (Lipinski definition) is 2. The third-order valence-corrected chi connectivity index (χ3v) is 4.66. The largest absolute Gasteiger partial charge is 0.452 e. The van der Waals surface area contributed by atoms with Crippen LogP contribution in [0.4, 0.5) is 10.1 Å². The van der Waals surface area contributed by atoms with E-state index in [4.69, 9.17) is 5.73 Å². The number of rotatable bonds is 6. The van der Waals surface area contributed by atoms with Gasteiger partial charge in [-0.05, 0) is 42.8 Å². The van der Waals surface area contributed by atoms with Crippen molar-refractivity contribution >= 4 is 27.6 Å². The number of benzene rings is 2. The Hall–Kier alpha value is -2.94. The Kier molecular flexibility index (Phi) is 5.38.